The zero-order chi connectivity index (χ0) is 14.4. The van der Waals surface area contributed by atoms with Gasteiger partial charge in [-0.1, -0.05) is 17.7 Å². The number of carbonyl (C=O) groups excluding carboxylic acids is 1. The van der Waals surface area contributed by atoms with Gasteiger partial charge in [0.1, 0.15) is 0 Å². The maximum atomic E-state index is 12.0. The molecule has 1 aliphatic heterocycles. The second-order valence-corrected chi connectivity index (χ2v) is 5.49. The van der Waals surface area contributed by atoms with Gasteiger partial charge in [0.05, 0.1) is 0 Å². The summed E-state index contributed by atoms with van der Waals surface area (Å²) in [5.41, 5.74) is 1.14. The Bertz CT molecular complexity index is 448. The summed E-state index contributed by atoms with van der Waals surface area (Å²) in [6.07, 6.45) is 1.54. The molecule has 0 atom stereocenters. The first kappa shape index (κ1) is 18.1. The molecule has 1 aromatic rings. The third kappa shape index (κ3) is 5.38. The van der Waals surface area contributed by atoms with Crippen molar-refractivity contribution in [3.05, 3.63) is 29.3 Å². The summed E-state index contributed by atoms with van der Waals surface area (Å²) < 4.78 is 0. The van der Waals surface area contributed by atoms with E-state index in [0.29, 0.717) is 6.42 Å². The average molecular weight is 332 g/mol. The monoisotopic (exact) mass is 331 g/mol. The molecule has 1 saturated heterocycles. The Morgan fingerprint density at radius 3 is 2.62 bits per heavy atom. The van der Waals surface area contributed by atoms with Crippen LogP contribution in [0.1, 0.15) is 12.8 Å². The van der Waals surface area contributed by atoms with Crippen LogP contribution in [0.25, 0.3) is 0 Å². The molecule has 118 valence electrons. The Balaban J connectivity index is 0.00000220. The van der Waals surface area contributed by atoms with Crippen molar-refractivity contribution in [3.63, 3.8) is 0 Å². The summed E-state index contributed by atoms with van der Waals surface area (Å²) in [5, 5.41) is 3.83. The second-order valence-electron chi connectivity index (χ2n) is 5.05. The number of benzene rings is 1. The molecule has 0 aromatic heterocycles. The van der Waals surface area contributed by atoms with Gasteiger partial charge in [-0.3, -0.25) is 4.79 Å². The fourth-order valence-corrected chi connectivity index (χ4v) is 2.65. The molecule has 2 rings (SSSR count). The first-order valence-electron chi connectivity index (χ1n) is 7.13. The number of nitrogens with zero attached hydrogens (tertiary/aromatic N) is 2. The highest BCUT2D eigenvalue weighted by molar-refractivity contribution is 6.30. The Morgan fingerprint density at radius 2 is 2.00 bits per heavy atom. The highest BCUT2D eigenvalue weighted by Crippen LogP contribution is 2.20. The lowest BCUT2D eigenvalue weighted by atomic mass is 10.2. The van der Waals surface area contributed by atoms with E-state index in [-0.39, 0.29) is 18.3 Å². The minimum Gasteiger partial charge on any atom is -0.368 e. The molecule has 0 saturated carbocycles. The number of anilines is 1. The van der Waals surface area contributed by atoms with Gasteiger partial charge in [-0.25, -0.2) is 0 Å². The number of hydrogen-bond acceptors (Lipinski definition) is 3. The molecule has 21 heavy (non-hydrogen) atoms. The normalized spacial score (nSPS) is 14.8. The number of amides is 1. The highest BCUT2D eigenvalue weighted by Gasteiger charge is 2.20. The van der Waals surface area contributed by atoms with Crippen LogP contribution in [0.3, 0.4) is 0 Å². The largest absolute Gasteiger partial charge is 0.368 e. The highest BCUT2D eigenvalue weighted by atomic mass is 35.5. The number of nitrogens with one attached hydrogen (secondary N) is 1. The van der Waals surface area contributed by atoms with Gasteiger partial charge >= 0.3 is 0 Å². The Morgan fingerprint density at radius 1 is 1.29 bits per heavy atom. The van der Waals surface area contributed by atoms with E-state index in [4.69, 9.17) is 11.6 Å². The van der Waals surface area contributed by atoms with E-state index in [9.17, 15) is 4.79 Å². The molecular formula is C15H23Cl2N3O. The standard InChI is InChI=1S/C15H22ClN3O.ClH/c1-17-7-3-6-15(20)19-10-8-18(9-11-19)14-5-2-4-13(16)12-14;/h2,4-5,12,17H,3,6-11H2,1H3;1H. The van der Waals surface area contributed by atoms with E-state index in [0.717, 1.165) is 49.9 Å². The van der Waals surface area contributed by atoms with Crippen LogP contribution in [0.2, 0.25) is 5.02 Å². The number of carbonyl (C=O) groups is 1. The molecule has 4 nitrogen and oxygen atoms in total. The number of hydrogen-bond donors (Lipinski definition) is 1. The summed E-state index contributed by atoms with van der Waals surface area (Å²) in [5.74, 6) is 0.269. The maximum absolute atomic E-state index is 12.0. The molecule has 0 aliphatic carbocycles. The summed E-state index contributed by atoms with van der Waals surface area (Å²) in [7, 11) is 1.91. The Hall–Kier alpha value is -0.970. The second kappa shape index (κ2) is 9.13. The van der Waals surface area contributed by atoms with Gasteiger partial charge in [-0.15, -0.1) is 12.4 Å². The summed E-state index contributed by atoms with van der Waals surface area (Å²) in [4.78, 5) is 16.3. The van der Waals surface area contributed by atoms with Gasteiger partial charge in [-0.2, -0.15) is 0 Å². The fourth-order valence-electron chi connectivity index (χ4n) is 2.46. The van der Waals surface area contributed by atoms with Crippen LogP contribution >= 0.6 is 24.0 Å². The topological polar surface area (TPSA) is 35.6 Å². The van der Waals surface area contributed by atoms with Crippen LogP contribution in [-0.4, -0.2) is 50.6 Å². The van der Waals surface area contributed by atoms with E-state index in [1.54, 1.807) is 0 Å². The zero-order valence-corrected chi connectivity index (χ0v) is 13.9. The molecule has 1 aliphatic rings. The minimum atomic E-state index is 0. The average Bonchev–Trinajstić information content (AvgIpc) is 2.47. The molecule has 0 bridgehead atoms. The molecule has 1 fully saturated rings. The Labute approximate surface area is 137 Å². The van der Waals surface area contributed by atoms with E-state index in [2.05, 4.69) is 16.3 Å². The van der Waals surface area contributed by atoms with Crippen LogP contribution in [0.4, 0.5) is 5.69 Å². The van der Waals surface area contributed by atoms with Crippen molar-refractivity contribution in [3.8, 4) is 0 Å². The molecule has 1 aromatic carbocycles. The van der Waals surface area contributed by atoms with Gasteiger partial charge in [0, 0.05) is 43.3 Å². The predicted molar refractivity (Wildman–Crippen MR) is 90.7 cm³/mol. The van der Waals surface area contributed by atoms with Gasteiger partial charge < -0.3 is 15.1 Å². The predicted octanol–water partition coefficient (Wildman–Crippen LogP) is 2.41. The van der Waals surface area contributed by atoms with Crippen molar-refractivity contribution < 1.29 is 4.79 Å². The van der Waals surface area contributed by atoms with E-state index in [1.165, 1.54) is 0 Å². The SMILES string of the molecule is CNCCCC(=O)N1CCN(c2cccc(Cl)c2)CC1.Cl. The molecule has 6 heteroatoms. The van der Waals surface area contributed by atoms with Crippen LogP contribution in [0, 0.1) is 0 Å². The quantitative estimate of drug-likeness (QED) is 0.841. The zero-order valence-electron chi connectivity index (χ0n) is 12.3. The summed E-state index contributed by atoms with van der Waals surface area (Å²) in [6.45, 7) is 4.24. The number of rotatable bonds is 5. The lowest BCUT2D eigenvalue weighted by molar-refractivity contribution is -0.131. The van der Waals surface area contributed by atoms with Crippen molar-refractivity contribution >= 4 is 35.6 Å². The van der Waals surface area contributed by atoms with E-state index in [1.807, 2.05) is 30.1 Å². The van der Waals surface area contributed by atoms with E-state index < -0.39 is 0 Å². The maximum Gasteiger partial charge on any atom is 0.222 e. The molecule has 0 radical (unpaired) electrons. The summed E-state index contributed by atoms with van der Waals surface area (Å²) >= 11 is 6.02. The van der Waals surface area contributed by atoms with Crippen molar-refractivity contribution in [1.82, 2.24) is 10.2 Å². The first-order chi connectivity index (χ1) is 9.70. The lowest BCUT2D eigenvalue weighted by Gasteiger charge is -2.36. The first-order valence-corrected chi connectivity index (χ1v) is 7.51. The molecule has 1 heterocycles. The van der Waals surface area contributed by atoms with Crippen molar-refractivity contribution in [2.75, 3.05) is 44.7 Å². The number of halogens is 2. The van der Waals surface area contributed by atoms with Crippen molar-refractivity contribution in [1.29, 1.82) is 0 Å². The van der Waals surface area contributed by atoms with Crippen LogP contribution in [0.5, 0.6) is 0 Å². The number of piperazine rings is 1. The van der Waals surface area contributed by atoms with Gasteiger partial charge in [0.2, 0.25) is 5.91 Å². The van der Waals surface area contributed by atoms with Crippen LogP contribution < -0.4 is 10.2 Å². The van der Waals surface area contributed by atoms with Gasteiger partial charge in [-0.05, 0) is 38.2 Å². The van der Waals surface area contributed by atoms with Crippen molar-refractivity contribution in [2.24, 2.45) is 0 Å². The lowest BCUT2D eigenvalue weighted by Crippen LogP contribution is -2.48. The third-order valence-corrected chi connectivity index (χ3v) is 3.86. The molecule has 0 spiro atoms. The minimum absolute atomic E-state index is 0. The Kier molecular flexibility index (Phi) is 7.86. The summed E-state index contributed by atoms with van der Waals surface area (Å²) in [6, 6.07) is 7.89. The third-order valence-electron chi connectivity index (χ3n) is 3.62. The van der Waals surface area contributed by atoms with Crippen LogP contribution in [0.15, 0.2) is 24.3 Å². The smallest absolute Gasteiger partial charge is 0.222 e. The van der Waals surface area contributed by atoms with Gasteiger partial charge in [0.25, 0.3) is 0 Å². The van der Waals surface area contributed by atoms with Crippen LogP contribution in [-0.2, 0) is 4.79 Å². The van der Waals surface area contributed by atoms with Crippen molar-refractivity contribution in [2.45, 2.75) is 12.8 Å². The van der Waals surface area contributed by atoms with E-state index >= 15 is 0 Å². The fraction of sp³-hybridized carbons (Fsp3) is 0.533. The van der Waals surface area contributed by atoms with Gasteiger partial charge in [0.15, 0.2) is 0 Å². The molecule has 1 N–H and O–H groups in total. The molecular weight excluding hydrogens is 309 g/mol. The molecule has 1 amide bonds. The molecule has 0 unspecified atom stereocenters.